The molecule has 1 unspecified atom stereocenters. The summed E-state index contributed by atoms with van der Waals surface area (Å²) in [7, 11) is 0. The van der Waals surface area contributed by atoms with Gasteiger partial charge in [-0.2, -0.15) is 0 Å². The molecule has 1 atom stereocenters. The molecule has 7 nitrogen and oxygen atoms in total. The summed E-state index contributed by atoms with van der Waals surface area (Å²) in [6.07, 6.45) is 3.58. The molecule has 0 aliphatic carbocycles. The van der Waals surface area contributed by atoms with Crippen LogP contribution in [0.2, 0.25) is 0 Å². The Morgan fingerprint density at radius 3 is 2.66 bits per heavy atom. The minimum Gasteiger partial charge on any atom is -0.463 e. The Hall–Kier alpha value is -4.17. The number of ether oxygens (including phenoxy) is 1. The second kappa shape index (κ2) is 11.5. The molecule has 1 amide bonds. The molecule has 5 rings (SSSR count). The molecule has 2 aliphatic rings. The van der Waals surface area contributed by atoms with Gasteiger partial charge in [-0.05, 0) is 36.4 Å². The largest absolute Gasteiger partial charge is 0.463 e. The molecule has 0 saturated heterocycles. The molecule has 192 valence electrons. The maximum atomic E-state index is 13.5. The van der Waals surface area contributed by atoms with E-state index in [1.54, 1.807) is 19.3 Å². The number of hydrogen-bond acceptors (Lipinski definition) is 7. The van der Waals surface area contributed by atoms with Gasteiger partial charge in [-0.15, -0.1) is 0 Å². The summed E-state index contributed by atoms with van der Waals surface area (Å²) < 4.78 is 5.56. The van der Waals surface area contributed by atoms with E-state index in [-0.39, 0.29) is 18.9 Å². The van der Waals surface area contributed by atoms with Crippen LogP contribution in [0.5, 0.6) is 0 Å². The third-order valence-corrected chi connectivity index (χ3v) is 7.15. The number of amides is 1. The van der Waals surface area contributed by atoms with Crippen LogP contribution in [0.15, 0.2) is 101 Å². The number of aromatic nitrogens is 1. The Morgan fingerprint density at radius 1 is 1.08 bits per heavy atom. The number of pyridine rings is 1. The Kier molecular flexibility index (Phi) is 7.70. The molecule has 38 heavy (non-hydrogen) atoms. The van der Waals surface area contributed by atoms with Crippen LogP contribution in [0.1, 0.15) is 41.6 Å². The van der Waals surface area contributed by atoms with Gasteiger partial charge >= 0.3 is 5.97 Å². The quantitative estimate of drug-likeness (QED) is 0.399. The number of rotatable bonds is 8. The molecule has 0 radical (unpaired) electrons. The number of carbonyl (C=O) groups is 2. The fourth-order valence-electron chi connectivity index (χ4n) is 4.57. The molecule has 0 spiro atoms. The normalized spacial score (nSPS) is 16.5. The molecule has 8 heteroatoms. The van der Waals surface area contributed by atoms with Crippen LogP contribution in [0.3, 0.4) is 0 Å². The fraction of sp³-hybridized carbons (Fsp3) is 0.200. The van der Waals surface area contributed by atoms with Gasteiger partial charge in [-0.25, -0.2) is 9.79 Å². The van der Waals surface area contributed by atoms with Crippen LogP contribution < -0.4 is 5.32 Å². The highest BCUT2D eigenvalue weighted by atomic mass is 32.2. The predicted octanol–water partition coefficient (Wildman–Crippen LogP) is 5.37. The van der Waals surface area contributed by atoms with Crippen LogP contribution in [-0.2, 0) is 20.9 Å². The van der Waals surface area contributed by atoms with Crippen molar-refractivity contribution in [3.63, 3.8) is 0 Å². The smallest absolute Gasteiger partial charge is 0.338 e. The van der Waals surface area contributed by atoms with Gasteiger partial charge < -0.3 is 15.0 Å². The number of amidine groups is 1. The Balaban J connectivity index is 1.53. The van der Waals surface area contributed by atoms with E-state index in [0.717, 1.165) is 33.1 Å². The summed E-state index contributed by atoms with van der Waals surface area (Å²) in [6.45, 7) is 4.45. The van der Waals surface area contributed by atoms with Gasteiger partial charge in [0.15, 0.2) is 5.17 Å². The monoisotopic (exact) mass is 524 g/mol. The van der Waals surface area contributed by atoms with Gasteiger partial charge in [0.05, 0.1) is 30.3 Å². The van der Waals surface area contributed by atoms with E-state index in [1.807, 2.05) is 77.9 Å². The molecule has 3 heterocycles. The number of hydrogen-bond donors (Lipinski definition) is 1. The molecular formula is C30H28N4O3S. The van der Waals surface area contributed by atoms with Crippen LogP contribution in [-0.4, -0.2) is 33.5 Å². The van der Waals surface area contributed by atoms with Crippen molar-refractivity contribution in [3.05, 3.63) is 118 Å². The number of carbonyl (C=O) groups excluding carboxylic acids is 2. The minimum absolute atomic E-state index is 0.125. The summed E-state index contributed by atoms with van der Waals surface area (Å²) in [4.78, 5) is 37.6. The summed E-state index contributed by atoms with van der Waals surface area (Å²) in [6, 6.07) is 21.0. The average Bonchev–Trinajstić information content (AvgIpc) is 3.34. The third kappa shape index (κ3) is 5.40. The van der Waals surface area contributed by atoms with E-state index in [4.69, 9.17) is 9.73 Å². The maximum Gasteiger partial charge on any atom is 0.338 e. The van der Waals surface area contributed by atoms with Crippen molar-refractivity contribution in [2.45, 2.75) is 32.9 Å². The van der Waals surface area contributed by atoms with Crippen molar-refractivity contribution in [1.82, 2.24) is 15.2 Å². The van der Waals surface area contributed by atoms with E-state index in [0.29, 0.717) is 17.8 Å². The third-order valence-electron chi connectivity index (χ3n) is 6.26. The lowest BCUT2D eigenvalue weighted by molar-refractivity contribution is -0.139. The fourth-order valence-corrected chi connectivity index (χ4v) is 5.49. The van der Waals surface area contributed by atoms with Gasteiger partial charge in [-0.1, -0.05) is 78.0 Å². The molecule has 1 aromatic heterocycles. The minimum atomic E-state index is -0.496. The summed E-state index contributed by atoms with van der Waals surface area (Å²) in [5.74, 6) is -0.543. The maximum absolute atomic E-state index is 13.5. The first-order chi connectivity index (χ1) is 18.5. The lowest BCUT2D eigenvalue weighted by Crippen LogP contribution is -2.38. The summed E-state index contributed by atoms with van der Waals surface area (Å²) in [5, 5.41) is 5.64. The molecule has 0 bridgehead atoms. The molecule has 2 aliphatic heterocycles. The summed E-state index contributed by atoms with van der Waals surface area (Å²) in [5.41, 5.74) is 5.58. The van der Waals surface area contributed by atoms with Crippen LogP contribution >= 0.6 is 11.8 Å². The highest BCUT2D eigenvalue weighted by Gasteiger charge is 2.42. The highest BCUT2D eigenvalue weighted by molar-refractivity contribution is 8.16. The highest BCUT2D eigenvalue weighted by Crippen LogP contribution is 2.47. The van der Waals surface area contributed by atoms with Crippen molar-refractivity contribution in [3.8, 4) is 0 Å². The van der Waals surface area contributed by atoms with Crippen molar-refractivity contribution >= 4 is 34.5 Å². The standard InChI is InChI=1S/C30H28N4O3S/c1-3-37-29(36)26-27(22-11-5-4-6-12-22)33-30-34(28(26)23-13-7-9-20(2)15-23)24(19-38-30)16-25(35)32-18-21-10-8-14-31-17-21/h4-15,17,19,28H,3,16,18H2,1-2H3,(H,32,35). The topological polar surface area (TPSA) is 83.9 Å². The van der Waals surface area contributed by atoms with Crippen molar-refractivity contribution in [2.75, 3.05) is 6.61 Å². The molecule has 0 fully saturated rings. The number of esters is 1. The molecule has 3 aromatic rings. The van der Waals surface area contributed by atoms with Crippen molar-refractivity contribution in [1.29, 1.82) is 0 Å². The number of nitrogens with zero attached hydrogens (tertiary/aromatic N) is 3. The van der Waals surface area contributed by atoms with Crippen molar-refractivity contribution < 1.29 is 14.3 Å². The van der Waals surface area contributed by atoms with Crippen LogP contribution in [0, 0.1) is 6.92 Å². The first-order valence-corrected chi connectivity index (χ1v) is 13.4. The van der Waals surface area contributed by atoms with Crippen LogP contribution in [0.4, 0.5) is 0 Å². The number of benzene rings is 2. The zero-order valence-electron chi connectivity index (χ0n) is 21.3. The zero-order valence-corrected chi connectivity index (χ0v) is 22.1. The Morgan fingerprint density at radius 2 is 1.92 bits per heavy atom. The molecule has 2 aromatic carbocycles. The second-order valence-electron chi connectivity index (χ2n) is 8.97. The van der Waals surface area contributed by atoms with E-state index < -0.39 is 12.0 Å². The predicted molar refractivity (Wildman–Crippen MR) is 150 cm³/mol. The lowest BCUT2D eigenvalue weighted by Gasteiger charge is -2.37. The average molecular weight is 525 g/mol. The molecule has 0 saturated carbocycles. The number of thioether (sulfide) groups is 1. The zero-order chi connectivity index (χ0) is 26.5. The van der Waals surface area contributed by atoms with E-state index in [9.17, 15) is 9.59 Å². The SMILES string of the molecule is CCOC(=O)C1=C(c2ccccc2)N=C2SC=C(CC(=O)NCc3cccnc3)N2C1c1cccc(C)c1. The number of fused-ring (bicyclic) bond motifs is 1. The first-order valence-electron chi connectivity index (χ1n) is 12.5. The van der Waals surface area contributed by atoms with Gasteiger partial charge in [-0.3, -0.25) is 9.78 Å². The number of nitrogens with one attached hydrogen (secondary N) is 1. The van der Waals surface area contributed by atoms with Gasteiger partial charge in [0.25, 0.3) is 0 Å². The second-order valence-corrected chi connectivity index (χ2v) is 9.81. The Bertz CT molecular complexity index is 1430. The first kappa shape index (κ1) is 25.5. The van der Waals surface area contributed by atoms with Gasteiger partial charge in [0.2, 0.25) is 5.91 Å². The van der Waals surface area contributed by atoms with Gasteiger partial charge in [0.1, 0.15) is 0 Å². The van der Waals surface area contributed by atoms with E-state index in [1.165, 1.54) is 11.8 Å². The number of aryl methyl sites for hydroxylation is 1. The molecule has 1 N–H and O–H groups in total. The number of aliphatic imine (C=N–C) groups is 1. The van der Waals surface area contributed by atoms with E-state index in [2.05, 4.69) is 16.4 Å². The Labute approximate surface area is 226 Å². The van der Waals surface area contributed by atoms with Gasteiger partial charge in [0, 0.05) is 30.2 Å². The lowest BCUT2D eigenvalue weighted by atomic mass is 9.90. The summed E-state index contributed by atoms with van der Waals surface area (Å²) >= 11 is 1.46. The molecular weight excluding hydrogens is 496 g/mol. The van der Waals surface area contributed by atoms with Crippen LogP contribution in [0.25, 0.3) is 5.70 Å². The van der Waals surface area contributed by atoms with E-state index >= 15 is 0 Å². The van der Waals surface area contributed by atoms with Crippen molar-refractivity contribution in [2.24, 2.45) is 4.99 Å².